The van der Waals surface area contributed by atoms with Gasteiger partial charge in [0.05, 0.1) is 11.3 Å². The van der Waals surface area contributed by atoms with Gasteiger partial charge in [0, 0.05) is 6.54 Å². The van der Waals surface area contributed by atoms with E-state index in [4.69, 9.17) is 10.8 Å². The van der Waals surface area contributed by atoms with Gasteiger partial charge in [0.2, 0.25) is 0 Å². The van der Waals surface area contributed by atoms with Gasteiger partial charge in [-0.25, -0.2) is 9.59 Å². The van der Waals surface area contributed by atoms with Crippen molar-refractivity contribution in [1.82, 2.24) is 0 Å². The smallest absolute Gasteiger partial charge is 0.337 e. The van der Waals surface area contributed by atoms with Gasteiger partial charge in [0.25, 0.3) is 0 Å². The van der Waals surface area contributed by atoms with Crippen LogP contribution in [0.5, 0.6) is 0 Å². The fourth-order valence-electron chi connectivity index (χ4n) is 1.76. The molecule has 3 N–H and O–H groups in total. The van der Waals surface area contributed by atoms with Crippen LogP contribution in [0.2, 0.25) is 0 Å². The van der Waals surface area contributed by atoms with Crippen LogP contribution in [-0.2, 0) is 0 Å². The summed E-state index contributed by atoms with van der Waals surface area (Å²) in [6.45, 7) is 2.49. The third-order valence-electron chi connectivity index (χ3n) is 2.68. The van der Waals surface area contributed by atoms with Crippen LogP contribution in [0.1, 0.15) is 36.5 Å². The molecule has 0 saturated carbocycles. The number of rotatable bonds is 6. The molecule has 98 valence electrons. The maximum absolute atomic E-state index is 11.4. The fraction of sp³-hybridized carbons (Fsp3) is 0.385. The number of carbonyl (C=O) groups excluding carboxylic acids is 1. The predicted molar refractivity (Wildman–Crippen MR) is 69.9 cm³/mol. The first-order valence-electron chi connectivity index (χ1n) is 5.97. The van der Waals surface area contributed by atoms with Crippen molar-refractivity contribution in [3.05, 3.63) is 29.8 Å². The molecule has 0 radical (unpaired) electrons. The molecule has 0 saturated heterocycles. The van der Waals surface area contributed by atoms with E-state index in [9.17, 15) is 9.59 Å². The van der Waals surface area contributed by atoms with E-state index in [0.29, 0.717) is 12.2 Å². The van der Waals surface area contributed by atoms with E-state index in [1.54, 1.807) is 18.2 Å². The summed E-state index contributed by atoms with van der Waals surface area (Å²) >= 11 is 0. The van der Waals surface area contributed by atoms with Crippen molar-refractivity contribution in [2.75, 3.05) is 11.4 Å². The molecule has 0 aromatic heterocycles. The Labute approximate surface area is 106 Å². The quantitative estimate of drug-likeness (QED) is 0.760. The molecule has 0 heterocycles. The van der Waals surface area contributed by atoms with Crippen molar-refractivity contribution >= 4 is 17.7 Å². The maximum atomic E-state index is 11.4. The Bertz CT molecular complexity index is 432. The molecule has 0 unspecified atom stereocenters. The van der Waals surface area contributed by atoms with Gasteiger partial charge in [-0.3, -0.25) is 4.90 Å². The minimum Gasteiger partial charge on any atom is -0.478 e. The monoisotopic (exact) mass is 250 g/mol. The van der Waals surface area contributed by atoms with Crippen molar-refractivity contribution in [2.45, 2.75) is 26.2 Å². The highest BCUT2D eigenvalue weighted by Crippen LogP contribution is 2.21. The zero-order chi connectivity index (χ0) is 13.5. The van der Waals surface area contributed by atoms with Crippen LogP contribution in [0.15, 0.2) is 24.3 Å². The Hall–Kier alpha value is -2.04. The molecule has 0 bridgehead atoms. The molecule has 2 amide bonds. The van der Waals surface area contributed by atoms with Gasteiger partial charge in [-0.1, -0.05) is 31.9 Å². The van der Waals surface area contributed by atoms with E-state index in [1.807, 2.05) is 0 Å². The summed E-state index contributed by atoms with van der Waals surface area (Å²) in [4.78, 5) is 23.8. The molecule has 5 nitrogen and oxygen atoms in total. The van der Waals surface area contributed by atoms with Crippen molar-refractivity contribution < 1.29 is 14.7 Å². The molecule has 1 aromatic carbocycles. The molecule has 0 aliphatic heterocycles. The second kappa shape index (κ2) is 6.64. The van der Waals surface area contributed by atoms with E-state index in [2.05, 4.69) is 6.92 Å². The van der Waals surface area contributed by atoms with Crippen LogP contribution >= 0.6 is 0 Å². The number of nitrogens with two attached hydrogens (primary N) is 1. The zero-order valence-corrected chi connectivity index (χ0v) is 10.4. The average molecular weight is 250 g/mol. The molecular weight excluding hydrogens is 232 g/mol. The lowest BCUT2D eigenvalue weighted by atomic mass is 10.1. The minimum absolute atomic E-state index is 0.0906. The molecule has 0 atom stereocenters. The third-order valence-corrected chi connectivity index (χ3v) is 2.68. The minimum atomic E-state index is -1.06. The summed E-state index contributed by atoms with van der Waals surface area (Å²) in [7, 11) is 0. The van der Waals surface area contributed by atoms with Crippen LogP contribution < -0.4 is 10.6 Å². The number of carbonyl (C=O) groups is 2. The Morgan fingerprint density at radius 2 is 1.94 bits per heavy atom. The van der Waals surface area contributed by atoms with Gasteiger partial charge >= 0.3 is 12.0 Å². The van der Waals surface area contributed by atoms with E-state index < -0.39 is 12.0 Å². The number of benzene rings is 1. The maximum Gasteiger partial charge on any atom is 0.337 e. The third kappa shape index (κ3) is 3.48. The van der Waals surface area contributed by atoms with Gasteiger partial charge < -0.3 is 10.8 Å². The van der Waals surface area contributed by atoms with Crippen LogP contribution in [0.4, 0.5) is 10.5 Å². The Kier molecular flexibility index (Phi) is 5.17. The second-order valence-corrected chi connectivity index (χ2v) is 4.02. The first kappa shape index (κ1) is 14.0. The summed E-state index contributed by atoms with van der Waals surface area (Å²) in [6, 6.07) is 5.75. The summed E-state index contributed by atoms with van der Waals surface area (Å²) in [5.74, 6) is -1.06. The summed E-state index contributed by atoms with van der Waals surface area (Å²) in [5.41, 5.74) is 5.76. The number of aromatic carboxylic acids is 1. The van der Waals surface area contributed by atoms with Crippen molar-refractivity contribution in [1.29, 1.82) is 0 Å². The lowest BCUT2D eigenvalue weighted by molar-refractivity contribution is 0.0697. The Morgan fingerprint density at radius 3 is 2.50 bits per heavy atom. The van der Waals surface area contributed by atoms with Gasteiger partial charge in [-0.2, -0.15) is 0 Å². The molecule has 1 rings (SSSR count). The van der Waals surface area contributed by atoms with Crippen LogP contribution in [0.25, 0.3) is 0 Å². The highest BCUT2D eigenvalue weighted by Gasteiger charge is 2.18. The zero-order valence-electron chi connectivity index (χ0n) is 10.4. The number of para-hydroxylation sites is 1. The van der Waals surface area contributed by atoms with E-state index in [0.717, 1.165) is 19.3 Å². The number of carboxylic acids is 1. The topological polar surface area (TPSA) is 83.6 Å². The number of hydrogen-bond acceptors (Lipinski definition) is 2. The van der Waals surface area contributed by atoms with Crippen LogP contribution in [0, 0.1) is 0 Å². The lowest BCUT2D eigenvalue weighted by Gasteiger charge is -2.22. The van der Waals surface area contributed by atoms with Gasteiger partial charge in [0.15, 0.2) is 0 Å². The number of hydrogen-bond donors (Lipinski definition) is 2. The summed E-state index contributed by atoms with van der Waals surface area (Å²) in [6.07, 6.45) is 2.79. The Morgan fingerprint density at radius 1 is 1.28 bits per heavy atom. The van der Waals surface area contributed by atoms with E-state index in [-0.39, 0.29) is 5.56 Å². The average Bonchev–Trinajstić information content (AvgIpc) is 2.34. The van der Waals surface area contributed by atoms with Gasteiger partial charge in [-0.05, 0) is 18.6 Å². The van der Waals surface area contributed by atoms with Crippen LogP contribution in [0.3, 0.4) is 0 Å². The molecule has 0 fully saturated rings. The Balaban J connectivity index is 2.98. The van der Waals surface area contributed by atoms with Crippen molar-refractivity contribution in [3.8, 4) is 0 Å². The first-order valence-corrected chi connectivity index (χ1v) is 5.97. The van der Waals surface area contributed by atoms with E-state index >= 15 is 0 Å². The number of carboxylic acid groups (broad SMARTS) is 1. The number of anilines is 1. The molecule has 0 spiro atoms. The first-order chi connectivity index (χ1) is 8.57. The molecule has 0 aliphatic carbocycles. The molecular formula is C13H18N2O3. The SMILES string of the molecule is CCCCCN(C(N)=O)c1ccccc1C(=O)O. The molecule has 5 heteroatoms. The highest BCUT2D eigenvalue weighted by atomic mass is 16.4. The molecule has 1 aromatic rings. The van der Waals surface area contributed by atoms with Gasteiger partial charge in [-0.15, -0.1) is 0 Å². The molecule has 0 aliphatic rings. The summed E-state index contributed by atoms with van der Waals surface area (Å²) < 4.78 is 0. The number of urea groups is 1. The lowest BCUT2D eigenvalue weighted by Crippen LogP contribution is -2.37. The molecule has 18 heavy (non-hydrogen) atoms. The number of nitrogens with zero attached hydrogens (tertiary/aromatic N) is 1. The standard InChI is InChI=1S/C13H18N2O3/c1-2-3-6-9-15(13(14)18)11-8-5-4-7-10(11)12(16)17/h4-5,7-8H,2-3,6,9H2,1H3,(H2,14,18)(H,16,17). The highest BCUT2D eigenvalue weighted by molar-refractivity contribution is 6.00. The van der Waals surface area contributed by atoms with Gasteiger partial charge in [0.1, 0.15) is 0 Å². The normalized spacial score (nSPS) is 10.1. The largest absolute Gasteiger partial charge is 0.478 e. The number of amides is 2. The summed E-state index contributed by atoms with van der Waals surface area (Å²) in [5, 5.41) is 9.09. The van der Waals surface area contributed by atoms with Crippen molar-refractivity contribution in [3.63, 3.8) is 0 Å². The number of unbranched alkanes of at least 4 members (excludes halogenated alkanes) is 2. The van der Waals surface area contributed by atoms with E-state index in [1.165, 1.54) is 11.0 Å². The fourth-order valence-corrected chi connectivity index (χ4v) is 1.76. The van der Waals surface area contributed by atoms with Crippen molar-refractivity contribution in [2.24, 2.45) is 5.73 Å². The number of primary amides is 1. The predicted octanol–water partition coefficient (Wildman–Crippen LogP) is 2.46. The second-order valence-electron chi connectivity index (χ2n) is 4.02. The van der Waals surface area contributed by atoms with Crippen LogP contribution in [-0.4, -0.2) is 23.7 Å².